The quantitative estimate of drug-likeness (QED) is 0.746. The van der Waals surface area contributed by atoms with E-state index in [1.165, 1.54) is 0 Å². The zero-order chi connectivity index (χ0) is 13.2. The average Bonchev–Trinajstić information content (AvgIpc) is 3.03. The third-order valence-corrected chi connectivity index (χ3v) is 3.38. The molecule has 0 saturated heterocycles. The van der Waals surface area contributed by atoms with Gasteiger partial charge in [-0.1, -0.05) is 6.07 Å². The maximum atomic E-state index is 4.40. The molecule has 2 N–H and O–H groups in total. The smallest absolute Gasteiger partial charge is 0.0955 e. The molecule has 19 heavy (non-hydrogen) atoms. The fraction of sp³-hybridized carbons (Fsp3) is 0.286. The summed E-state index contributed by atoms with van der Waals surface area (Å²) in [4.78, 5) is 4.40. The van der Waals surface area contributed by atoms with Gasteiger partial charge in [0.2, 0.25) is 0 Å². The second kappa shape index (κ2) is 4.85. The van der Waals surface area contributed by atoms with E-state index in [4.69, 9.17) is 0 Å². The normalized spacial score (nSPS) is 11.3. The number of nitrogens with one attached hydrogen (secondary N) is 2. The van der Waals surface area contributed by atoms with Gasteiger partial charge in [0.05, 0.1) is 23.6 Å². The molecular weight excluding hydrogens is 238 g/mol. The SMILES string of the molecule is CNCCc1[nH]ncc1-c1ccc2c(c1)ncn2C. The number of benzene rings is 1. The minimum absolute atomic E-state index is 0.932. The first kappa shape index (κ1) is 11.9. The molecule has 1 aromatic carbocycles. The highest BCUT2D eigenvalue weighted by Gasteiger charge is 2.09. The molecule has 0 unspecified atom stereocenters. The van der Waals surface area contributed by atoms with Gasteiger partial charge in [0.15, 0.2) is 0 Å². The molecular formula is C14H17N5. The molecule has 0 bridgehead atoms. The molecule has 0 fully saturated rings. The highest BCUT2D eigenvalue weighted by molar-refractivity contribution is 5.82. The molecule has 2 heterocycles. The number of H-pyrrole nitrogens is 1. The Balaban J connectivity index is 2.01. The van der Waals surface area contributed by atoms with Gasteiger partial charge in [-0.05, 0) is 24.7 Å². The predicted octanol–water partition coefficient (Wildman–Crippen LogP) is 1.73. The minimum Gasteiger partial charge on any atom is -0.334 e. The first-order chi connectivity index (χ1) is 9.29. The van der Waals surface area contributed by atoms with E-state index < -0.39 is 0 Å². The van der Waals surface area contributed by atoms with E-state index in [2.05, 4.69) is 38.7 Å². The Kier molecular flexibility index (Phi) is 3.05. The van der Waals surface area contributed by atoms with Crippen molar-refractivity contribution in [1.29, 1.82) is 0 Å². The van der Waals surface area contributed by atoms with Crippen LogP contribution in [0.3, 0.4) is 0 Å². The lowest BCUT2D eigenvalue weighted by molar-refractivity contribution is 0.773. The van der Waals surface area contributed by atoms with E-state index in [1.54, 1.807) is 0 Å². The summed E-state index contributed by atoms with van der Waals surface area (Å²) >= 11 is 0. The molecule has 0 aliphatic carbocycles. The minimum atomic E-state index is 0.932. The third kappa shape index (κ3) is 2.13. The van der Waals surface area contributed by atoms with Crippen LogP contribution in [0.15, 0.2) is 30.7 Å². The van der Waals surface area contributed by atoms with Crippen LogP contribution in [0, 0.1) is 0 Å². The van der Waals surface area contributed by atoms with Gasteiger partial charge in [0.25, 0.3) is 0 Å². The summed E-state index contributed by atoms with van der Waals surface area (Å²) in [5.41, 5.74) is 5.63. The molecule has 98 valence electrons. The largest absolute Gasteiger partial charge is 0.334 e. The van der Waals surface area contributed by atoms with Crippen molar-refractivity contribution in [3.05, 3.63) is 36.4 Å². The van der Waals surface area contributed by atoms with E-state index in [0.717, 1.165) is 40.8 Å². The molecule has 2 aromatic heterocycles. The summed E-state index contributed by atoms with van der Waals surface area (Å²) < 4.78 is 2.02. The molecule has 0 atom stereocenters. The number of aromatic nitrogens is 4. The predicted molar refractivity (Wildman–Crippen MR) is 75.9 cm³/mol. The number of aryl methyl sites for hydroxylation is 1. The number of likely N-dealkylation sites (N-methyl/N-ethyl adjacent to an activating group) is 1. The van der Waals surface area contributed by atoms with Gasteiger partial charge < -0.3 is 9.88 Å². The van der Waals surface area contributed by atoms with Gasteiger partial charge in [0, 0.05) is 31.3 Å². The Bertz CT molecular complexity index is 695. The number of nitrogens with zero attached hydrogens (tertiary/aromatic N) is 3. The summed E-state index contributed by atoms with van der Waals surface area (Å²) in [7, 11) is 3.96. The monoisotopic (exact) mass is 255 g/mol. The van der Waals surface area contributed by atoms with Crippen molar-refractivity contribution in [2.75, 3.05) is 13.6 Å². The fourth-order valence-electron chi connectivity index (χ4n) is 2.31. The van der Waals surface area contributed by atoms with E-state index in [0.29, 0.717) is 0 Å². The number of imidazole rings is 1. The second-order valence-corrected chi connectivity index (χ2v) is 4.67. The van der Waals surface area contributed by atoms with Crippen LogP contribution in [0.1, 0.15) is 5.69 Å². The van der Waals surface area contributed by atoms with Gasteiger partial charge in [-0.2, -0.15) is 5.10 Å². The van der Waals surface area contributed by atoms with Crippen molar-refractivity contribution in [1.82, 2.24) is 25.1 Å². The van der Waals surface area contributed by atoms with Crippen molar-refractivity contribution in [3.63, 3.8) is 0 Å². The molecule has 0 aliphatic rings. The summed E-state index contributed by atoms with van der Waals surface area (Å²) in [6.45, 7) is 0.932. The maximum Gasteiger partial charge on any atom is 0.0955 e. The standard InChI is InChI=1S/C14H17N5/c1-15-6-5-12-11(8-17-18-12)10-3-4-14-13(7-10)16-9-19(14)2/h3-4,7-9,15H,5-6H2,1-2H3,(H,17,18). The van der Waals surface area contributed by atoms with Crippen LogP contribution in [0.2, 0.25) is 0 Å². The van der Waals surface area contributed by atoms with Crippen LogP contribution in [0.4, 0.5) is 0 Å². The van der Waals surface area contributed by atoms with Crippen LogP contribution >= 0.6 is 0 Å². The van der Waals surface area contributed by atoms with Crippen molar-refractivity contribution >= 4 is 11.0 Å². The molecule has 0 radical (unpaired) electrons. The summed E-state index contributed by atoms with van der Waals surface area (Å²) in [6, 6.07) is 6.34. The second-order valence-electron chi connectivity index (χ2n) is 4.67. The molecule has 0 saturated carbocycles. The van der Waals surface area contributed by atoms with Gasteiger partial charge >= 0.3 is 0 Å². The van der Waals surface area contributed by atoms with Gasteiger partial charge in [-0.15, -0.1) is 0 Å². The summed E-state index contributed by atoms with van der Waals surface area (Å²) in [5.74, 6) is 0. The lowest BCUT2D eigenvalue weighted by Gasteiger charge is -2.04. The van der Waals surface area contributed by atoms with E-state index in [1.807, 2.05) is 31.2 Å². The fourth-order valence-corrected chi connectivity index (χ4v) is 2.31. The summed E-state index contributed by atoms with van der Waals surface area (Å²) in [5, 5.41) is 10.4. The number of fused-ring (bicyclic) bond motifs is 1. The molecule has 5 nitrogen and oxygen atoms in total. The number of hydrogen-bond donors (Lipinski definition) is 2. The number of rotatable bonds is 4. The number of aromatic amines is 1. The Hall–Kier alpha value is -2.14. The lowest BCUT2D eigenvalue weighted by atomic mass is 10.0. The van der Waals surface area contributed by atoms with Crippen molar-refractivity contribution in [3.8, 4) is 11.1 Å². The van der Waals surface area contributed by atoms with E-state index in [-0.39, 0.29) is 0 Å². The highest BCUT2D eigenvalue weighted by atomic mass is 15.1. The van der Waals surface area contributed by atoms with Crippen LogP contribution in [0.25, 0.3) is 22.2 Å². The van der Waals surface area contributed by atoms with Crippen LogP contribution in [-0.4, -0.2) is 33.3 Å². The topological polar surface area (TPSA) is 58.5 Å². The average molecular weight is 255 g/mol. The molecule has 5 heteroatoms. The van der Waals surface area contributed by atoms with Crippen molar-refractivity contribution in [2.45, 2.75) is 6.42 Å². The van der Waals surface area contributed by atoms with Crippen molar-refractivity contribution in [2.24, 2.45) is 7.05 Å². The van der Waals surface area contributed by atoms with Crippen molar-refractivity contribution < 1.29 is 0 Å². The maximum absolute atomic E-state index is 4.40. The first-order valence-electron chi connectivity index (χ1n) is 6.38. The first-order valence-corrected chi connectivity index (χ1v) is 6.38. The molecule has 0 aliphatic heterocycles. The Morgan fingerprint density at radius 3 is 3.11 bits per heavy atom. The van der Waals surface area contributed by atoms with Gasteiger partial charge in [0.1, 0.15) is 0 Å². The Morgan fingerprint density at radius 2 is 2.26 bits per heavy atom. The highest BCUT2D eigenvalue weighted by Crippen LogP contribution is 2.25. The van der Waals surface area contributed by atoms with Gasteiger partial charge in [-0.3, -0.25) is 5.10 Å². The van der Waals surface area contributed by atoms with Crippen LogP contribution in [-0.2, 0) is 13.5 Å². The lowest BCUT2D eigenvalue weighted by Crippen LogP contribution is -2.11. The third-order valence-electron chi connectivity index (χ3n) is 3.38. The van der Waals surface area contributed by atoms with Crippen LogP contribution in [0.5, 0.6) is 0 Å². The Morgan fingerprint density at radius 1 is 1.37 bits per heavy atom. The zero-order valence-electron chi connectivity index (χ0n) is 11.1. The zero-order valence-corrected chi connectivity index (χ0v) is 11.1. The van der Waals surface area contributed by atoms with Gasteiger partial charge in [-0.25, -0.2) is 4.98 Å². The molecule has 3 rings (SSSR count). The van der Waals surface area contributed by atoms with E-state index >= 15 is 0 Å². The van der Waals surface area contributed by atoms with Crippen LogP contribution < -0.4 is 5.32 Å². The molecule has 0 spiro atoms. The van der Waals surface area contributed by atoms with E-state index in [9.17, 15) is 0 Å². The Labute approximate surface area is 111 Å². The summed E-state index contributed by atoms with van der Waals surface area (Å²) in [6.07, 6.45) is 4.66. The molecule has 0 amide bonds. The number of hydrogen-bond acceptors (Lipinski definition) is 3. The molecule has 3 aromatic rings.